The number of hydrogen-bond donors (Lipinski definition) is 2. The van der Waals surface area contributed by atoms with Gasteiger partial charge in [0.1, 0.15) is 5.82 Å². The van der Waals surface area contributed by atoms with Crippen molar-refractivity contribution >= 4 is 11.7 Å². The number of aliphatic carboxylic acids is 1. The third-order valence-electron chi connectivity index (χ3n) is 1.75. The van der Waals surface area contributed by atoms with Gasteiger partial charge in [0.25, 0.3) is 0 Å². The van der Waals surface area contributed by atoms with Crippen LogP contribution in [0.25, 0.3) is 0 Å². The number of rotatable bonds is 3. The Morgan fingerprint density at radius 2 is 2.00 bits per heavy atom. The van der Waals surface area contributed by atoms with Gasteiger partial charge in [0, 0.05) is 18.0 Å². The largest absolute Gasteiger partial charge is 0.478 e. The van der Waals surface area contributed by atoms with E-state index in [9.17, 15) is 22.4 Å². The molecule has 17 heavy (non-hydrogen) atoms. The zero-order chi connectivity index (χ0) is 13.1. The van der Waals surface area contributed by atoms with E-state index in [0.29, 0.717) is 18.2 Å². The summed E-state index contributed by atoms with van der Waals surface area (Å²) in [6, 6.07) is 2.28. The molecule has 0 amide bonds. The molecule has 1 rings (SSSR count). The molecule has 0 saturated carbocycles. The maximum absolute atomic E-state index is 12.9. The Morgan fingerprint density at radius 1 is 1.35 bits per heavy atom. The van der Waals surface area contributed by atoms with E-state index in [1.807, 2.05) is 0 Å². The van der Waals surface area contributed by atoms with E-state index < -0.39 is 23.5 Å². The minimum Gasteiger partial charge on any atom is -0.478 e. The van der Waals surface area contributed by atoms with Crippen molar-refractivity contribution in [1.82, 2.24) is 0 Å². The van der Waals surface area contributed by atoms with Crippen molar-refractivity contribution in [3.8, 4) is 0 Å². The second kappa shape index (κ2) is 4.86. The van der Waals surface area contributed by atoms with Gasteiger partial charge in [-0.2, -0.15) is 13.2 Å². The van der Waals surface area contributed by atoms with Gasteiger partial charge in [-0.25, -0.2) is 9.18 Å². The van der Waals surface area contributed by atoms with Crippen LogP contribution >= 0.6 is 0 Å². The number of carboxylic acids is 1. The summed E-state index contributed by atoms with van der Waals surface area (Å²) in [6.07, 6.45) is -3.15. The van der Waals surface area contributed by atoms with Crippen LogP contribution in [-0.4, -0.2) is 11.1 Å². The van der Waals surface area contributed by atoms with Crippen molar-refractivity contribution in [1.29, 1.82) is 0 Å². The van der Waals surface area contributed by atoms with Gasteiger partial charge in [-0.05, 0) is 18.2 Å². The number of benzene rings is 1. The van der Waals surface area contributed by atoms with Crippen LogP contribution in [0.4, 0.5) is 23.2 Å². The van der Waals surface area contributed by atoms with Gasteiger partial charge in [0.15, 0.2) is 0 Å². The second-order valence-corrected chi connectivity index (χ2v) is 3.01. The van der Waals surface area contributed by atoms with E-state index in [0.717, 1.165) is 12.3 Å². The fraction of sp³-hybridized carbons (Fsp3) is 0.100. The van der Waals surface area contributed by atoms with Crippen LogP contribution in [0.2, 0.25) is 0 Å². The fourth-order valence-electron chi connectivity index (χ4n) is 1.04. The van der Waals surface area contributed by atoms with E-state index in [2.05, 4.69) is 5.32 Å². The molecule has 2 N–H and O–H groups in total. The molecule has 0 aliphatic carbocycles. The summed E-state index contributed by atoms with van der Waals surface area (Å²) < 4.78 is 49.8. The van der Waals surface area contributed by atoms with Crippen LogP contribution in [0.1, 0.15) is 5.56 Å². The number of alkyl halides is 3. The number of halogens is 4. The predicted octanol–water partition coefficient (Wildman–Crippen LogP) is 2.85. The maximum Gasteiger partial charge on any atom is 0.419 e. The van der Waals surface area contributed by atoms with Gasteiger partial charge in [0.05, 0.1) is 5.56 Å². The van der Waals surface area contributed by atoms with E-state index in [-0.39, 0.29) is 5.69 Å². The Kier molecular flexibility index (Phi) is 3.72. The molecule has 1 aromatic rings. The molecule has 92 valence electrons. The number of hydrogen-bond acceptors (Lipinski definition) is 2. The first-order valence-electron chi connectivity index (χ1n) is 4.33. The molecule has 0 fully saturated rings. The van der Waals surface area contributed by atoms with Gasteiger partial charge in [-0.15, -0.1) is 0 Å². The Bertz CT molecular complexity index is 454. The number of nitrogens with one attached hydrogen (secondary N) is 1. The molecule has 0 bridgehead atoms. The SMILES string of the molecule is O=C(O)/C=C/Nc1ccc(F)c(C(F)(F)F)c1. The van der Waals surface area contributed by atoms with Gasteiger partial charge in [-0.1, -0.05) is 0 Å². The molecular weight excluding hydrogens is 242 g/mol. The topological polar surface area (TPSA) is 49.3 Å². The lowest BCUT2D eigenvalue weighted by Crippen LogP contribution is -2.08. The minimum absolute atomic E-state index is 0.0591. The van der Waals surface area contributed by atoms with Gasteiger partial charge in [-0.3, -0.25) is 0 Å². The maximum atomic E-state index is 12.9. The van der Waals surface area contributed by atoms with E-state index >= 15 is 0 Å². The molecule has 0 atom stereocenters. The molecule has 0 heterocycles. The van der Waals surface area contributed by atoms with Crippen LogP contribution in [0.15, 0.2) is 30.5 Å². The van der Waals surface area contributed by atoms with Crippen LogP contribution in [0.3, 0.4) is 0 Å². The molecule has 0 aliphatic rings. The summed E-state index contributed by atoms with van der Waals surface area (Å²) in [5.41, 5.74) is -1.47. The van der Waals surface area contributed by atoms with E-state index in [1.165, 1.54) is 0 Å². The summed E-state index contributed by atoms with van der Waals surface area (Å²) in [5.74, 6) is -2.64. The predicted molar refractivity (Wildman–Crippen MR) is 51.8 cm³/mol. The quantitative estimate of drug-likeness (QED) is 0.639. The molecule has 0 radical (unpaired) electrons. The summed E-state index contributed by atoms with van der Waals surface area (Å²) in [5, 5.41) is 10.5. The molecule has 0 spiro atoms. The summed E-state index contributed by atoms with van der Waals surface area (Å²) in [6.45, 7) is 0. The Morgan fingerprint density at radius 3 is 2.53 bits per heavy atom. The van der Waals surface area contributed by atoms with Gasteiger partial charge >= 0.3 is 12.1 Å². The highest BCUT2D eigenvalue weighted by molar-refractivity contribution is 5.80. The second-order valence-electron chi connectivity index (χ2n) is 3.01. The van der Waals surface area contributed by atoms with E-state index in [1.54, 1.807) is 0 Å². The molecule has 0 unspecified atom stereocenters. The lowest BCUT2D eigenvalue weighted by Gasteiger charge is -2.09. The Labute approximate surface area is 93.4 Å². The van der Waals surface area contributed by atoms with Crippen molar-refractivity contribution < 1.29 is 27.5 Å². The average molecular weight is 249 g/mol. The minimum atomic E-state index is -4.79. The van der Waals surface area contributed by atoms with Gasteiger partial charge < -0.3 is 10.4 Å². The van der Waals surface area contributed by atoms with Crippen molar-refractivity contribution in [2.75, 3.05) is 5.32 Å². The fourth-order valence-corrected chi connectivity index (χ4v) is 1.04. The Balaban J connectivity index is 2.93. The average Bonchev–Trinajstić information content (AvgIpc) is 2.18. The zero-order valence-corrected chi connectivity index (χ0v) is 8.25. The first-order valence-corrected chi connectivity index (χ1v) is 4.33. The number of carbonyl (C=O) groups is 1. The molecule has 0 aromatic heterocycles. The molecule has 1 aromatic carbocycles. The Hall–Kier alpha value is -2.05. The number of carboxylic acid groups (broad SMARTS) is 1. The third-order valence-corrected chi connectivity index (χ3v) is 1.75. The lowest BCUT2D eigenvalue weighted by molar-refractivity contribution is -0.140. The van der Waals surface area contributed by atoms with Crippen LogP contribution in [-0.2, 0) is 11.0 Å². The lowest BCUT2D eigenvalue weighted by atomic mass is 10.2. The monoisotopic (exact) mass is 249 g/mol. The molecular formula is C10H7F4NO2. The molecule has 7 heteroatoms. The summed E-state index contributed by atoms with van der Waals surface area (Å²) in [7, 11) is 0. The summed E-state index contributed by atoms with van der Waals surface area (Å²) >= 11 is 0. The van der Waals surface area contributed by atoms with E-state index in [4.69, 9.17) is 5.11 Å². The normalized spacial score (nSPS) is 11.8. The van der Waals surface area contributed by atoms with Crippen LogP contribution in [0.5, 0.6) is 0 Å². The first kappa shape index (κ1) is 13.0. The standard InChI is InChI=1S/C10H7F4NO2/c11-8-2-1-6(15-4-3-9(16)17)5-7(8)10(12,13)14/h1-5,15H,(H,16,17)/b4-3+. The highest BCUT2D eigenvalue weighted by Gasteiger charge is 2.34. The van der Waals surface area contributed by atoms with Crippen LogP contribution < -0.4 is 5.32 Å². The summed E-state index contributed by atoms with van der Waals surface area (Å²) in [4.78, 5) is 10.1. The molecule has 0 aliphatic heterocycles. The molecule has 3 nitrogen and oxygen atoms in total. The van der Waals surface area contributed by atoms with Crippen molar-refractivity contribution in [2.24, 2.45) is 0 Å². The zero-order valence-electron chi connectivity index (χ0n) is 8.25. The van der Waals surface area contributed by atoms with Crippen LogP contribution in [0, 0.1) is 5.82 Å². The third kappa shape index (κ3) is 3.78. The highest BCUT2D eigenvalue weighted by atomic mass is 19.4. The molecule has 0 saturated heterocycles. The number of anilines is 1. The van der Waals surface area contributed by atoms with Crippen molar-refractivity contribution in [2.45, 2.75) is 6.18 Å². The highest BCUT2D eigenvalue weighted by Crippen LogP contribution is 2.32. The van der Waals surface area contributed by atoms with Gasteiger partial charge in [0.2, 0.25) is 0 Å². The van der Waals surface area contributed by atoms with Crippen molar-refractivity contribution in [3.63, 3.8) is 0 Å². The van der Waals surface area contributed by atoms with Crippen molar-refractivity contribution in [3.05, 3.63) is 41.9 Å². The first-order chi connectivity index (χ1) is 7.80. The smallest absolute Gasteiger partial charge is 0.419 e.